The summed E-state index contributed by atoms with van der Waals surface area (Å²) in [4.78, 5) is 25.4. The summed E-state index contributed by atoms with van der Waals surface area (Å²) >= 11 is 0. The third kappa shape index (κ3) is 4.23. The van der Waals surface area contributed by atoms with Crippen molar-refractivity contribution in [1.29, 1.82) is 0 Å². The second-order valence-electron chi connectivity index (χ2n) is 5.73. The van der Waals surface area contributed by atoms with Crippen molar-refractivity contribution in [2.45, 2.75) is 26.2 Å². The van der Waals surface area contributed by atoms with Crippen LogP contribution >= 0.6 is 0 Å². The third-order valence-electron chi connectivity index (χ3n) is 3.97. The first-order valence-electron chi connectivity index (χ1n) is 7.84. The number of ether oxygens (including phenoxy) is 1. The van der Waals surface area contributed by atoms with E-state index in [0.29, 0.717) is 11.5 Å². The maximum Gasteiger partial charge on any atom is 0.337 e. The number of likely N-dealkylation sites (tertiary alicyclic amines) is 1. The second-order valence-corrected chi connectivity index (χ2v) is 5.73. The normalized spacial score (nSPS) is 17.4. The predicted molar refractivity (Wildman–Crippen MR) is 84.9 cm³/mol. The Morgan fingerprint density at radius 3 is 2.95 bits per heavy atom. The molecule has 0 saturated carbocycles. The van der Waals surface area contributed by atoms with Gasteiger partial charge in [0.25, 0.3) is 0 Å². The van der Waals surface area contributed by atoms with Crippen molar-refractivity contribution in [2.24, 2.45) is 5.92 Å². The Balaban J connectivity index is 1.90. The summed E-state index contributed by atoms with van der Waals surface area (Å²) in [5.74, 6) is 0.133. The molecule has 1 N–H and O–H groups in total. The van der Waals surface area contributed by atoms with E-state index in [1.807, 2.05) is 30.0 Å². The Bertz CT molecular complexity index is 530. The summed E-state index contributed by atoms with van der Waals surface area (Å²) in [6.45, 7) is 4.34. The summed E-state index contributed by atoms with van der Waals surface area (Å²) in [6, 6.07) is 7.57. The number of methoxy groups -OCH3 is 1. The molecule has 120 valence electrons. The minimum atomic E-state index is -0.311. The van der Waals surface area contributed by atoms with E-state index in [2.05, 4.69) is 5.32 Å². The van der Waals surface area contributed by atoms with Crippen LogP contribution in [0.1, 0.15) is 35.7 Å². The molecule has 1 aliphatic heterocycles. The van der Waals surface area contributed by atoms with Crippen molar-refractivity contribution in [3.8, 4) is 0 Å². The molecule has 0 aliphatic carbocycles. The zero-order chi connectivity index (χ0) is 15.9. The first kappa shape index (κ1) is 16.3. The van der Waals surface area contributed by atoms with Crippen molar-refractivity contribution < 1.29 is 14.3 Å². The van der Waals surface area contributed by atoms with Crippen molar-refractivity contribution in [2.75, 3.05) is 26.7 Å². The molecule has 1 heterocycles. The Kier molecular flexibility index (Phi) is 5.81. The van der Waals surface area contributed by atoms with Crippen LogP contribution in [0.5, 0.6) is 0 Å². The molecule has 22 heavy (non-hydrogen) atoms. The van der Waals surface area contributed by atoms with Crippen LogP contribution in [0.15, 0.2) is 24.3 Å². The van der Waals surface area contributed by atoms with E-state index in [0.717, 1.165) is 44.5 Å². The molecular weight excluding hydrogens is 280 g/mol. The van der Waals surface area contributed by atoms with Gasteiger partial charge in [0.2, 0.25) is 0 Å². The number of hydrogen-bond acceptors (Lipinski definition) is 3. The number of amides is 2. The fraction of sp³-hybridized carbons (Fsp3) is 0.529. The minimum Gasteiger partial charge on any atom is -0.465 e. The molecule has 1 aromatic carbocycles. The number of rotatable bonds is 5. The van der Waals surface area contributed by atoms with Gasteiger partial charge in [-0.15, -0.1) is 0 Å². The van der Waals surface area contributed by atoms with Gasteiger partial charge in [-0.3, -0.25) is 0 Å². The molecule has 1 fully saturated rings. The van der Waals surface area contributed by atoms with E-state index in [9.17, 15) is 9.59 Å². The molecule has 5 heteroatoms. The van der Waals surface area contributed by atoms with Crippen LogP contribution in [-0.4, -0.2) is 43.6 Å². The molecule has 0 aromatic heterocycles. The van der Waals surface area contributed by atoms with Crippen LogP contribution in [-0.2, 0) is 11.2 Å². The summed E-state index contributed by atoms with van der Waals surface area (Å²) in [5, 5.41) is 2.92. The average molecular weight is 304 g/mol. The number of carbonyl (C=O) groups excluding carboxylic acids is 2. The first-order valence-corrected chi connectivity index (χ1v) is 7.84. The van der Waals surface area contributed by atoms with Crippen molar-refractivity contribution >= 4 is 12.0 Å². The second kappa shape index (κ2) is 7.82. The van der Waals surface area contributed by atoms with Gasteiger partial charge in [-0.1, -0.05) is 19.1 Å². The van der Waals surface area contributed by atoms with Gasteiger partial charge in [0, 0.05) is 19.6 Å². The summed E-state index contributed by atoms with van der Waals surface area (Å²) in [5.41, 5.74) is 1.69. The van der Waals surface area contributed by atoms with Gasteiger partial charge in [-0.2, -0.15) is 0 Å². The number of benzene rings is 1. The minimum absolute atomic E-state index is 0.0349. The lowest BCUT2D eigenvalue weighted by atomic mass is 9.97. The van der Waals surface area contributed by atoms with Crippen LogP contribution in [0.3, 0.4) is 0 Å². The van der Waals surface area contributed by atoms with Gasteiger partial charge in [0.15, 0.2) is 0 Å². The summed E-state index contributed by atoms with van der Waals surface area (Å²) in [6.07, 6.45) is 2.83. The van der Waals surface area contributed by atoms with Crippen molar-refractivity contribution in [1.82, 2.24) is 10.2 Å². The molecule has 1 atom stereocenters. The molecule has 1 aliphatic rings. The number of nitrogens with zero attached hydrogens (tertiary/aromatic N) is 1. The molecular formula is C17H24N2O3. The molecule has 2 amide bonds. The number of hydrogen-bond donors (Lipinski definition) is 1. The highest BCUT2D eigenvalue weighted by Gasteiger charge is 2.26. The Morgan fingerprint density at radius 1 is 1.41 bits per heavy atom. The topological polar surface area (TPSA) is 58.6 Å². The lowest BCUT2D eigenvalue weighted by Crippen LogP contribution is -2.38. The van der Waals surface area contributed by atoms with E-state index in [4.69, 9.17) is 4.74 Å². The molecule has 0 radical (unpaired) electrons. The number of urea groups is 1. The Labute approximate surface area is 131 Å². The van der Waals surface area contributed by atoms with Crippen LogP contribution in [0.4, 0.5) is 4.79 Å². The molecule has 1 unspecified atom stereocenters. The third-order valence-corrected chi connectivity index (χ3v) is 3.97. The van der Waals surface area contributed by atoms with Gasteiger partial charge in [0.1, 0.15) is 0 Å². The van der Waals surface area contributed by atoms with Gasteiger partial charge in [0.05, 0.1) is 12.7 Å². The average Bonchev–Trinajstić information content (AvgIpc) is 3.00. The zero-order valence-electron chi connectivity index (χ0n) is 13.3. The van der Waals surface area contributed by atoms with Crippen molar-refractivity contribution in [3.63, 3.8) is 0 Å². The predicted octanol–water partition coefficient (Wildman–Crippen LogP) is 2.46. The quantitative estimate of drug-likeness (QED) is 0.850. The number of esters is 1. The van der Waals surface area contributed by atoms with Crippen LogP contribution in [0.2, 0.25) is 0 Å². The molecule has 0 spiro atoms. The summed E-state index contributed by atoms with van der Waals surface area (Å²) < 4.78 is 4.75. The van der Waals surface area contributed by atoms with E-state index < -0.39 is 0 Å². The lowest BCUT2D eigenvalue weighted by Gasteiger charge is -2.17. The molecule has 1 aromatic rings. The SMILES string of the molecule is CCCNC(=O)N1CCC(Cc2cccc(C(=O)OC)c2)C1. The smallest absolute Gasteiger partial charge is 0.337 e. The van der Waals surface area contributed by atoms with Gasteiger partial charge in [-0.05, 0) is 42.9 Å². The highest BCUT2D eigenvalue weighted by molar-refractivity contribution is 5.89. The maximum atomic E-state index is 11.9. The Hall–Kier alpha value is -2.04. The van der Waals surface area contributed by atoms with Crippen molar-refractivity contribution in [3.05, 3.63) is 35.4 Å². The van der Waals surface area contributed by atoms with Crippen LogP contribution < -0.4 is 5.32 Å². The van der Waals surface area contributed by atoms with E-state index >= 15 is 0 Å². The molecule has 5 nitrogen and oxygen atoms in total. The van der Waals surface area contributed by atoms with Gasteiger partial charge < -0.3 is 15.0 Å². The molecule has 0 bridgehead atoms. The number of nitrogens with one attached hydrogen (secondary N) is 1. The highest BCUT2D eigenvalue weighted by Crippen LogP contribution is 2.21. The Morgan fingerprint density at radius 2 is 2.23 bits per heavy atom. The maximum absolute atomic E-state index is 11.9. The standard InChI is InChI=1S/C17H24N2O3/c1-3-8-18-17(21)19-9-7-14(12-19)10-13-5-4-6-15(11-13)16(20)22-2/h4-6,11,14H,3,7-10,12H2,1-2H3,(H,18,21). The monoisotopic (exact) mass is 304 g/mol. The summed E-state index contributed by atoms with van der Waals surface area (Å²) in [7, 11) is 1.39. The van der Waals surface area contributed by atoms with E-state index in [1.54, 1.807) is 6.07 Å². The first-order chi connectivity index (χ1) is 10.6. The highest BCUT2D eigenvalue weighted by atomic mass is 16.5. The van der Waals surface area contributed by atoms with Gasteiger partial charge in [-0.25, -0.2) is 9.59 Å². The molecule has 1 saturated heterocycles. The number of carbonyl (C=O) groups is 2. The fourth-order valence-corrected chi connectivity index (χ4v) is 2.80. The molecule has 2 rings (SSSR count). The zero-order valence-corrected chi connectivity index (χ0v) is 13.3. The van der Waals surface area contributed by atoms with Crippen LogP contribution in [0.25, 0.3) is 0 Å². The fourth-order valence-electron chi connectivity index (χ4n) is 2.80. The lowest BCUT2D eigenvalue weighted by molar-refractivity contribution is 0.0600. The van der Waals surface area contributed by atoms with Crippen LogP contribution in [0, 0.1) is 5.92 Å². The van der Waals surface area contributed by atoms with E-state index in [-0.39, 0.29) is 12.0 Å². The largest absolute Gasteiger partial charge is 0.465 e. The van der Waals surface area contributed by atoms with Gasteiger partial charge >= 0.3 is 12.0 Å². The van der Waals surface area contributed by atoms with E-state index in [1.165, 1.54) is 7.11 Å².